The van der Waals surface area contributed by atoms with E-state index in [1.165, 1.54) is 5.56 Å². The normalized spacial score (nSPS) is 11.1. The van der Waals surface area contributed by atoms with E-state index in [9.17, 15) is 4.79 Å². The average Bonchev–Trinajstić information content (AvgIpc) is 2.81. The number of carbonyl (C=O) groups excluding carboxylic acids is 1. The van der Waals surface area contributed by atoms with Gasteiger partial charge in [-0.2, -0.15) is 0 Å². The Morgan fingerprint density at radius 3 is 2.57 bits per heavy atom. The van der Waals surface area contributed by atoms with Crippen LogP contribution in [0.25, 0.3) is 11.8 Å². The van der Waals surface area contributed by atoms with E-state index >= 15 is 0 Å². The first-order chi connectivity index (χ1) is 11.0. The topological polar surface area (TPSA) is 43.3 Å². The zero-order chi connectivity index (χ0) is 16.8. The molecule has 0 aliphatic heterocycles. The van der Waals surface area contributed by atoms with Crippen molar-refractivity contribution in [3.63, 3.8) is 0 Å². The van der Waals surface area contributed by atoms with E-state index in [1.807, 2.05) is 6.08 Å². The highest BCUT2D eigenvalue weighted by molar-refractivity contribution is 5.91. The molecular weight excluding hydrogens is 288 g/mol. The fourth-order valence-electron chi connectivity index (χ4n) is 2.55. The molecule has 1 aromatic carbocycles. The molecule has 0 unspecified atom stereocenters. The number of methoxy groups -OCH3 is 1. The Kier molecular flexibility index (Phi) is 5.77. The predicted octanol–water partition coefficient (Wildman–Crippen LogP) is 3.18. The van der Waals surface area contributed by atoms with Crippen molar-refractivity contribution in [3.8, 4) is 5.69 Å². The van der Waals surface area contributed by atoms with Crippen molar-refractivity contribution in [2.24, 2.45) is 0 Å². The van der Waals surface area contributed by atoms with Crippen LogP contribution >= 0.6 is 0 Å². The summed E-state index contributed by atoms with van der Waals surface area (Å²) in [4.78, 5) is 11.7. The van der Waals surface area contributed by atoms with E-state index in [1.54, 1.807) is 13.2 Å². The summed E-state index contributed by atoms with van der Waals surface area (Å²) < 4.78 is 7.10. The lowest BCUT2D eigenvalue weighted by atomic mass is 10.2. The van der Waals surface area contributed by atoms with Crippen LogP contribution in [0.4, 0.5) is 0 Å². The molecule has 4 heteroatoms. The number of ether oxygens (including phenoxy) is 1. The lowest BCUT2D eigenvalue weighted by Crippen LogP contribution is -2.24. The first-order valence-corrected chi connectivity index (χ1v) is 7.73. The van der Waals surface area contributed by atoms with Gasteiger partial charge in [0.2, 0.25) is 5.91 Å². The molecule has 0 saturated carbocycles. The Morgan fingerprint density at radius 2 is 1.91 bits per heavy atom. The lowest BCUT2D eigenvalue weighted by molar-refractivity contribution is -0.116. The average molecular weight is 312 g/mol. The van der Waals surface area contributed by atoms with Gasteiger partial charge in [-0.1, -0.05) is 17.7 Å². The minimum atomic E-state index is -0.109. The van der Waals surface area contributed by atoms with Gasteiger partial charge in [-0.05, 0) is 50.6 Å². The third-order valence-corrected chi connectivity index (χ3v) is 3.78. The first kappa shape index (κ1) is 17.0. The van der Waals surface area contributed by atoms with Crippen molar-refractivity contribution < 1.29 is 9.53 Å². The number of hydrogen-bond donors (Lipinski definition) is 1. The van der Waals surface area contributed by atoms with Gasteiger partial charge in [0.05, 0.1) is 6.61 Å². The van der Waals surface area contributed by atoms with E-state index in [-0.39, 0.29) is 5.91 Å². The summed E-state index contributed by atoms with van der Waals surface area (Å²) in [6.07, 6.45) is 3.42. The van der Waals surface area contributed by atoms with Crippen molar-refractivity contribution in [2.75, 3.05) is 20.3 Å². The van der Waals surface area contributed by atoms with Crippen molar-refractivity contribution in [1.82, 2.24) is 9.88 Å². The highest BCUT2D eigenvalue weighted by atomic mass is 16.5. The van der Waals surface area contributed by atoms with E-state index in [0.717, 1.165) is 22.6 Å². The molecule has 4 nitrogen and oxygen atoms in total. The number of rotatable bonds is 6. The maximum Gasteiger partial charge on any atom is 0.244 e. The number of benzene rings is 1. The van der Waals surface area contributed by atoms with Crippen LogP contribution in [-0.4, -0.2) is 30.7 Å². The highest BCUT2D eigenvalue weighted by Crippen LogP contribution is 2.22. The fourth-order valence-corrected chi connectivity index (χ4v) is 2.55. The molecule has 1 N–H and O–H groups in total. The zero-order valence-electron chi connectivity index (χ0n) is 14.2. The Balaban J connectivity index is 2.17. The Morgan fingerprint density at radius 1 is 1.22 bits per heavy atom. The molecule has 1 heterocycles. The van der Waals surface area contributed by atoms with Crippen LogP contribution in [0.3, 0.4) is 0 Å². The van der Waals surface area contributed by atoms with E-state index in [4.69, 9.17) is 4.74 Å². The SMILES string of the molecule is COCCNC(=O)/C=C/c1cc(C)n(-c2ccc(C)cc2)c1C. The van der Waals surface area contributed by atoms with Crippen LogP contribution in [0.5, 0.6) is 0 Å². The second-order valence-electron chi connectivity index (χ2n) is 5.61. The molecule has 1 amide bonds. The van der Waals surface area contributed by atoms with Crippen LogP contribution in [-0.2, 0) is 9.53 Å². The summed E-state index contributed by atoms with van der Waals surface area (Å²) in [5.74, 6) is -0.109. The van der Waals surface area contributed by atoms with E-state index < -0.39 is 0 Å². The molecule has 1 aromatic heterocycles. The molecule has 0 aliphatic rings. The summed E-state index contributed by atoms with van der Waals surface area (Å²) in [6, 6.07) is 10.5. The third kappa shape index (κ3) is 4.33. The molecule has 2 rings (SSSR count). The maximum absolute atomic E-state index is 11.7. The van der Waals surface area contributed by atoms with Crippen molar-refractivity contribution in [1.29, 1.82) is 0 Å². The van der Waals surface area contributed by atoms with Gasteiger partial charge in [0, 0.05) is 36.8 Å². The number of nitrogens with one attached hydrogen (secondary N) is 1. The molecule has 122 valence electrons. The van der Waals surface area contributed by atoms with Gasteiger partial charge in [0.15, 0.2) is 0 Å². The molecule has 0 bridgehead atoms. The maximum atomic E-state index is 11.7. The van der Waals surface area contributed by atoms with Crippen molar-refractivity contribution in [2.45, 2.75) is 20.8 Å². The molecule has 0 atom stereocenters. The van der Waals surface area contributed by atoms with Gasteiger partial charge in [-0.25, -0.2) is 0 Å². The Bertz CT molecular complexity index is 697. The quantitative estimate of drug-likeness (QED) is 0.657. The molecular formula is C19H24N2O2. The summed E-state index contributed by atoms with van der Waals surface area (Å²) in [5.41, 5.74) is 5.68. The predicted molar refractivity (Wildman–Crippen MR) is 93.9 cm³/mol. The van der Waals surface area contributed by atoms with Gasteiger partial charge in [-0.15, -0.1) is 0 Å². The first-order valence-electron chi connectivity index (χ1n) is 7.73. The molecule has 0 aliphatic carbocycles. The van der Waals surface area contributed by atoms with Crippen LogP contribution in [0.15, 0.2) is 36.4 Å². The summed E-state index contributed by atoms with van der Waals surface area (Å²) in [6.45, 7) is 7.25. The number of nitrogens with zero attached hydrogens (tertiary/aromatic N) is 1. The summed E-state index contributed by atoms with van der Waals surface area (Å²) >= 11 is 0. The molecule has 0 spiro atoms. The number of aryl methyl sites for hydroxylation is 2. The largest absolute Gasteiger partial charge is 0.383 e. The summed E-state index contributed by atoms with van der Waals surface area (Å²) in [7, 11) is 1.61. The fraction of sp³-hybridized carbons (Fsp3) is 0.316. The molecule has 23 heavy (non-hydrogen) atoms. The highest BCUT2D eigenvalue weighted by Gasteiger charge is 2.09. The zero-order valence-corrected chi connectivity index (χ0v) is 14.2. The second kappa shape index (κ2) is 7.79. The molecule has 0 radical (unpaired) electrons. The lowest BCUT2D eigenvalue weighted by Gasteiger charge is -2.09. The number of hydrogen-bond acceptors (Lipinski definition) is 2. The second-order valence-corrected chi connectivity index (χ2v) is 5.61. The minimum Gasteiger partial charge on any atom is -0.383 e. The monoisotopic (exact) mass is 312 g/mol. The summed E-state index contributed by atoms with van der Waals surface area (Å²) in [5, 5.41) is 2.78. The van der Waals surface area contributed by atoms with Crippen molar-refractivity contribution >= 4 is 12.0 Å². The van der Waals surface area contributed by atoms with Crippen molar-refractivity contribution in [3.05, 3.63) is 58.9 Å². The van der Waals surface area contributed by atoms with Gasteiger partial charge in [0.1, 0.15) is 0 Å². The van der Waals surface area contributed by atoms with Crippen LogP contribution in [0.1, 0.15) is 22.5 Å². The molecule has 0 fully saturated rings. The number of carbonyl (C=O) groups is 1. The van der Waals surface area contributed by atoms with E-state index in [2.05, 4.69) is 61.0 Å². The number of amides is 1. The minimum absolute atomic E-state index is 0.109. The van der Waals surface area contributed by atoms with Crippen LogP contribution in [0.2, 0.25) is 0 Å². The molecule has 2 aromatic rings. The standard InChI is InChI=1S/C19H24N2O2/c1-14-5-8-18(9-6-14)21-15(2)13-17(16(21)3)7-10-19(22)20-11-12-23-4/h5-10,13H,11-12H2,1-4H3,(H,20,22)/b10-7+. The van der Waals surface area contributed by atoms with Gasteiger partial charge in [0.25, 0.3) is 0 Å². The number of aromatic nitrogens is 1. The van der Waals surface area contributed by atoms with E-state index in [0.29, 0.717) is 13.2 Å². The van der Waals surface area contributed by atoms with Gasteiger partial charge in [-0.3, -0.25) is 4.79 Å². The van der Waals surface area contributed by atoms with Gasteiger partial charge < -0.3 is 14.6 Å². The molecule has 0 saturated heterocycles. The smallest absolute Gasteiger partial charge is 0.244 e. The van der Waals surface area contributed by atoms with Crippen LogP contribution in [0, 0.1) is 20.8 Å². The third-order valence-electron chi connectivity index (χ3n) is 3.78. The Labute approximate surface area is 137 Å². The van der Waals surface area contributed by atoms with Crippen LogP contribution < -0.4 is 5.32 Å². The Hall–Kier alpha value is -2.33. The van der Waals surface area contributed by atoms with Gasteiger partial charge >= 0.3 is 0 Å².